The zero-order valence-electron chi connectivity index (χ0n) is 14.4. The molecule has 2 heterocycles. The lowest BCUT2D eigenvalue weighted by Gasteiger charge is -2.18. The summed E-state index contributed by atoms with van der Waals surface area (Å²) in [6.07, 6.45) is 1.71. The maximum absolute atomic E-state index is 11.5. The number of carbonyl (C=O) groups excluding carboxylic acids is 1. The predicted molar refractivity (Wildman–Crippen MR) is 106 cm³/mol. The number of anilines is 2. The quantitative estimate of drug-likeness (QED) is 0.522. The van der Waals surface area contributed by atoms with E-state index in [2.05, 4.69) is 20.8 Å². The number of nitrogens with zero attached hydrogens (tertiary/aromatic N) is 2. The molecular formula is C19H16N4O3S. The molecule has 2 aromatic carbocycles. The van der Waals surface area contributed by atoms with Crippen molar-refractivity contribution in [1.82, 2.24) is 4.98 Å². The highest BCUT2D eigenvalue weighted by molar-refractivity contribution is 7.14. The van der Waals surface area contributed by atoms with Crippen LogP contribution in [0.1, 0.15) is 5.56 Å². The van der Waals surface area contributed by atoms with Crippen LogP contribution in [0.25, 0.3) is 11.3 Å². The number of hydrazone groups is 1. The SMILES string of the molecule is COc1ccc(/C=N\Nc2nc(-c3ccc4c(c3)NC(=O)CO4)cs2)cc1. The van der Waals surface area contributed by atoms with E-state index in [1.165, 1.54) is 11.3 Å². The largest absolute Gasteiger partial charge is 0.497 e. The van der Waals surface area contributed by atoms with Crippen molar-refractivity contribution in [2.45, 2.75) is 0 Å². The van der Waals surface area contributed by atoms with Gasteiger partial charge in [-0.2, -0.15) is 5.10 Å². The van der Waals surface area contributed by atoms with Gasteiger partial charge in [0.05, 0.1) is 24.7 Å². The molecule has 1 aliphatic heterocycles. The minimum Gasteiger partial charge on any atom is -0.497 e. The molecular weight excluding hydrogens is 364 g/mol. The molecule has 3 aromatic rings. The lowest BCUT2D eigenvalue weighted by molar-refractivity contribution is -0.118. The number of carbonyl (C=O) groups is 1. The van der Waals surface area contributed by atoms with Gasteiger partial charge in [-0.15, -0.1) is 11.3 Å². The number of hydrogen-bond donors (Lipinski definition) is 2. The Balaban J connectivity index is 1.44. The topological polar surface area (TPSA) is 84.8 Å². The first-order chi connectivity index (χ1) is 13.2. The number of ether oxygens (including phenoxy) is 2. The van der Waals surface area contributed by atoms with E-state index >= 15 is 0 Å². The molecule has 7 nitrogen and oxygen atoms in total. The van der Waals surface area contributed by atoms with Gasteiger partial charge in [-0.05, 0) is 48.0 Å². The van der Waals surface area contributed by atoms with Gasteiger partial charge in [0.2, 0.25) is 5.13 Å². The van der Waals surface area contributed by atoms with Crippen LogP contribution in [-0.2, 0) is 4.79 Å². The number of hydrogen-bond acceptors (Lipinski definition) is 7. The molecule has 27 heavy (non-hydrogen) atoms. The summed E-state index contributed by atoms with van der Waals surface area (Å²) in [4.78, 5) is 16.0. The fourth-order valence-electron chi connectivity index (χ4n) is 2.55. The zero-order valence-corrected chi connectivity index (χ0v) is 15.2. The van der Waals surface area contributed by atoms with Crippen LogP contribution in [0.15, 0.2) is 52.9 Å². The molecule has 136 valence electrons. The minimum atomic E-state index is -0.159. The van der Waals surface area contributed by atoms with E-state index in [1.54, 1.807) is 13.3 Å². The number of amides is 1. The Hall–Kier alpha value is -3.39. The first kappa shape index (κ1) is 17.0. The van der Waals surface area contributed by atoms with E-state index in [-0.39, 0.29) is 12.5 Å². The van der Waals surface area contributed by atoms with Crippen molar-refractivity contribution < 1.29 is 14.3 Å². The molecule has 1 amide bonds. The van der Waals surface area contributed by atoms with E-state index in [0.717, 1.165) is 22.6 Å². The maximum Gasteiger partial charge on any atom is 0.262 e. The molecule has 0 saturated heterocycles. The Morgan fingerprint density at radius 1 is 1.30 bits per heavy atom. The van der Waals surface area contributed by atoms with Crippen molar-refractivity contribution in [3.05, 3.63) is 53.4 Å². The predicted octanol–water partition coefficient (Wildman–Crippen LogP) is 3.60. The lowest BCUT2D eigenvalue weighted by Crippen LogP contribution is -2.25. The van der Waals surface area contributed by atoms with Gasteiger partial charge in [-0.1, -0.05) is 0 Å². The number of aromatic nitrogens is 1. The normalized spacial score (nSPS) is 13.0. The van der Waals surface area contributed by atoms with Gasteiger partial charge in [0, 0.05) is 10.9 Å². The van der Waals surface area contributed by atoms with Crippen LogP contribution in [0, 0.1) is 0 Å². The third kappa shape index (κ3) is 3.90. The number of fused-ring (bicyclic) bond motifs is 1. The van der Waals surface area contributed by atoms with Crippen molar-refractivity contribution >= 4 is 34.3 Å². The summed E-state index contributed by atoms with van der Waals surface area (Å²) in [6.45, 7) is 0.0450. The Morgan fingerprint density at radius 3 is 2.96 bits per heavy atom. The minimum absolute atomic E-state index is 0.0450. The van der Waals surface area contributed by atoms with Crippen molar-refractivity contribution in [2.75, 3.05) is 24.5 Å². The van der Waals surface area contributed by atoms with E-state index in [9.17, 15) is 4.79 Å². The van der Waals surface area contributed by atoms with Gasteiger partial charge in [0.1, 0.15) is 11.5 Å². The Morgan fingerprint density at radius 2 is 2.15 bits per heavy atom. The second-order valence-electron chi connectivity index (χ2n) is 5.73. The van der Waals surface area contributed by atoms with Gasteiger partial charge in [-0.25, -0.2) is 4.98 Å². The average molecular weight is 380 g/mol. The molecule has 0 bridgehead atoms. The van der Waals surface area contributed by atoms with Crippen LogP contribution in [-0.4, -0.2) is 30.8 Å². The van der Waals surface area contributed by atoms with Crippen molar-refractivity contribution in [2.24, 2.45) is 5.10 Å². The number of nitrogens with one attached hydrogen (secondary N) is 2. The molecule has 2 N–H and O–H groups in total. The van der Waals surface area contributed by atoms with Gasteiger partial charge < -0.3 is 14.8 Å². The number of rotatable bonds is 5. The first-order valence-electron chi connectivity index (χ1n) is 8.17. The summed E-state index contributed by atoms with van der Waals surface area (Å²) in [6, 6.07) is 13.2. The average Bonchev–Trinajstić information content (AvgIpc) is 3.17. The smallest absolute Gasteiger partial charge is 0.262 e. The monoisotopic (exact) mass is 380 g/mol. The molecule has 1 aromatic heterocycles. The van der Waals surface area contributed by atoms with Gasteiger partial charge in [0.25, 0.3) is 5.91 Å². The lowest BCUT2D eigenvalue weighted by atomic mass is 10.1. The zero-order chi connectivity index (χ0) is 18.6. The highest BCUT2D eigenvalue weighted by Crippen LogP contribution is 2.33. The van der Waals surface area contributed by atoms with E-state index < -0.39 is 0 Å². The Kier molecular flexibility index (Phi) is 4.71. The summed E-state index contributed by atoms with van der Waals surface area (Å²) in [5.74, 6) is 1.31. The molecule has 0 saturated carbocycles. The molecule has 0 spiro atoms. The molecule has 0 radical (unpaired) electrons. The first-order valence-corrected chi connectivity index (χ1v) is 9.05. The third-order valence-corrected chi connectivity index (χ3v) is 4.65. The van der Waals surface area contributed by atoms with Crippen molar-refractivity contribution in [3.8, 4) is 22.8 Å². The van der Waals surface area contributed by atoms with Crippen LogP contribution in [0.2, 0.25) is 0 Å². The van der Waals surface area contributed by atoms with Crippen molar-refractivity contribution in [3.63, 3.8) is 0 Å². The molecule has 4 rings (SSSR count). The van der Waals surface area contributed by atoms with Gasteiger partial charge in [0.15, 0.2) is 6.61 Å². The molecule has 0 aliphatic carbocycles. The van der Waals surface area contributed by atoms with Crippen LogP contribution < -0.4 is 20.2 Å². The number of benzene rings is 2. The highest BCUT2D eigenvalue weighted by atomic mass is 32.1. The summed E-state index contributed by atoms with van der Waals surface area (Å²) < 4.78 is 10.5. The summed E-state index contributed by atoms with van der Waals surface area (Å²) in [5, 5.41) is 9.61. The van der Waals surface area contributed by atoms with Gasteiger partial charge in [-0.3, -0.25) is 10.2 Å². The third-order valence-electron chi connectivity index (χ3n) is 3.90. The van der Waals surface area contributed by atoms with Crippen molar-refractivity contribution in [1.29, 1.82) is 0 Å². The van der Waals surface area contributed by atoms with Crippen LogP contribution in [0.4, 0.5) is 10.8 Å². The van der Waals surface area contributed by atoms with E-state index in [4.69, 9.17) is 9.47 Å². The molecule has 0 unspecified atom stereocenters. The summed E-state index contributed by atoms with van der Waals surface area (Å²) in [5.41, 5.74) is 6.23. The molecule has 1 aliphatic rings. The second-order valence-corrected chi connectivity index (χ2v) is 6.59. The Bertz CT molecular complexity index is 998. The standard InChI is InChI=1S/C19H16N4O3S/c1-25-14-5-2-12(3-6-14)9-20-23-19-22-16(11-27-19)13-4-7-17-15(8-13)21-18(24)10-26-17/h2-9,11H,10H2,1H3,(H,21,24)(H,22,23)/b20-9-. The van der Waals surface area contributed by atoms with Gasteiger partial charge >= 0.3 is 0 Å². The van der Waals surface area contributed by atoms with Crippen LogP contribution in [0.5, 0.6) is 11.5 Å². The van der Waals surface area contributed by atoms with Crippen LogP contribution in [0.3, 0.4) is 0 Å². The molecule has 0 fully saturated rings. The number of thiazole rings is 1. The Labute approximate surface area is 159 Å². The maximum atomic E-state index is 11.5. The fraction of sp³-hybridized carbons (Fsp3) is 0.105. The number of methoxy groups -OCH3 is 1. The second kappa shape index (κ2) is 7.46. The summed E-state index contributed by atoms with van der Waals surface area (Å²) >= 11 is 1.45. The van der Waals surface area contributed by atoms with Crippen LogP contribution >= 0.6 is 11.3 Å². The van der Waals surface area contributed by atoms with E-state index in [1.807, 2.05) is 47.8 Å². The van der Waals surface area contributed by atoms with E-state index in [0.29, 0.717) is 16.6 Å². The summed E-state index contributed by atoms with van der Waals surface area (Å²) in [7, 11) is 1.63. The highest BCUT2D eigenvalue weighted by Gasteiger charge is 2.17. The molecule has 0 atom stereocenters. The fourth-order valence-corrected chi connectivity index (χ4v) is 3.22. The molecule has 8 heteroatoms.